The van der Waals surface area contributed by atoms with Crippen LogP contribution in [-0.2, 0) is 96.0 Å². The van der Waals surface area contributed by atoms with Gasteiger partial charge in [-0.3, -0.25) is 88.1 Å². The first-order valence-corrected chi connectivity index (χ1v) is 46.8. The van der Waals surface area contributed by atoms with E-state index in [9.17, 15) is 87.5 Å². The molecule has 1 aliphatic heterocycles. The van der Waals surface area contributed by atoms with Crippen LogP contribution < -0.4 is 125 Å². The molecule has 3 aromatic rings. The van der Waals surface area contributed by atoms with Gasteiger partial charge in [0.25, 0.3) is 0 Å². The Balaban J connectivity index is 1.61. The predicted molar refractivity (Wildman–Crippen MR) is 504 cm³/mol. The van der Waals surface area contributed by atoms with Crippen LogP contribution in [0.25, 0.3) is 0 Å². The molecule has 1 aliphatic rings. The van der Waals surface area contributed by atoms with E-state index in [1.54, 1.807) is 20.1 Å². The number of guanidine groups is 3. The smallest absolute Gasteiger partial charge is 0.326 e. The number of carbonyl (C=O) groups is 16. The van der Waals surface area contributed by atoms with Crippen LogP contribution >= 0.6 is 11.8 Å². The molecule has 49 nitrogen and oxygen atoms in total. The highest BCUT2D eigenvalue weighted by Gasteiger charge is 2.43. The summed E-state index contributed by atoms with van der Waals surface area (Å²) in [4.78, 5) is 235. The number of H-pyrrole nitrogens is 1. The van der Waals surface area contributed by atoms with E-state index >= 15 is 9.59 Å². The lowest BCUT2D eigenvalue weighted by Crippen LogP contribution is -2.61. The lowest BCUT2D eigenvalue weighted by molar-refractivity contribution is -0.145. The molecule has 1 aromatic heterocycles. The standard InChI is InChI=1S/C86H141N29O20S/c1-47(2)40-62(111-75(126)59(20-13-36-99-85(93)94)107-73(124)57(18-7-10-33-88)108-78(129)63(41-50-23-27-53(116)28-24-50)110-70(121)49(4)102-72(123)56(17-6-9-32-87)105-71(122)55(90)16-12-35-98-84(91)92)77(128)103-48(3)69(120)104-60(31-39-136-5)76(127)106-58(19-8-11-34-89)74(125)112-64(42-51-25-29-54(117)30-26-51)79(130)114-66(43-52-45-97-46-101-52)82(133)115-38-15-22-67(115)81(132)113-65(44-68(118)119)80(131)109-61(83(134)135)21-14-37-100-86(95)96/h23-30,45-49,55-67,116-117H,6-22,31-44,87-90H2,1-5H3,(H,97,101)(H,102,123)(H,103,128)(H,104,120)(H,105,122)(H,106,127)(H,107,124)(H,108,129)(H,109,131)(H,110,121)(H,111,126)(H,112,125)(H,113,132)(H,114,130)(H,118,119)(H,134,135)(H4,91,92,98)(H4,93,94,99)(H4,95,96,100)/t48-,49-,55-,56-,57-,58-,59-,60-,61-,62-,63-,64-,65-,66-,67-/m0/s1. The van der Waals surface area contributed by atoms with Crippen LogP contribution in [-0.4, -0.2) is 296 Å². The van der Waals surface area contributed by atoms with Crippen LogP contribution in [0.1, 0.15) is 173 Å². The monoisotopic (exact) mass is 1930 g/mol. The number of hydrogen-bond acceptors (Lipinski definition) is 27. The summed E-state index contributed by atoms with van der Waals surface area (Å²) in [6.45, 7) is 6.98. The molecule has 14 amide bonds. The molecule has 1 saturated heterocycles. The Bertz CT molecular complexity index is 4420. The number of aliphatic carboxylic acids is 2. The number of thioether (sulfide) groups is 1. The molecule has 2 aromatic carbocycles. The van der Waals surface area contributed by atoms with Gasteiger partial charge in [0.15, 0.2) is 17.9 Å². The van der Waals surface area contributed by atoms with E-state index in [0.717, 1.165) is 4.90 Å². The summed E-state index contributed by atoms with van der Waals surface area (Å²) in [6.07, 6.45) is 4.93. The number of likely N-dealkylation sites (tertiary alicyclic amines) is 1. The van der Waals surface area contributed by atoms with Gasteiger partial charge < -0.3 is 156 Å². The summed E-state index contributed by atoms with van der Waals surface area (Å²) in [5, 5.41) is 104. The molecule has 0 unspecified atom stereocenters. The third kappa shape index (κ3) is 43.4. The van der Waals surface area contributed by atoms with Gasteiger partial charge in [-0.25, -0.2) is 9.78 Å². The summed E-state index contributed by atoms with van der Waals surface area (Å²) < 4.78 is 0. The average Bonchev–Trinajstić information content (AvgIpc) is 1.66. The van der Waals surface area contributed by atoms with Crippen LogP contribution in [0.2, 0.25) is 0 Å². The number of amides is 14. The van der Waals surface area contributed by atoms with Crippen molar-refractivity contribution in [2.24, 2.45) is 46.1 Å². The van der Waals surface area contributed by atoms with Gasteiger partial charge in [0, 0.05) is 57.3 Å². The van der Waals surface area contributed by atoms with Gasteiger partial charge in [0.1, 0.15) is 96.1 Å². The van der Waals surface area contributed by atoms with Crippen molar-refractivity contribution in [3.8, 4) is 11.5 Å². The maximum atomic E-state index is 15.1. The number of carboxylic acid groups (broad SMARTS) is 2. The fraction of sp³-hybridized carbons (Fsp3) is 0.605. The second kappa shape index (κ2) is 61.6. The molecule has 136 heavy (non-hydrogen) atoms. The summed E-state index contributed by atoms with van der Waals surface area (Å²) in [7, 11) is 0. The molecule has 15 atom stereocenters. The summed E-state index contributed by atoms with van der Waals surface area (Å²) in [6, 6.07) is -10.5. The molecule has 0 spiro atoms. The number of phenols is 2. The van der Waals surface area contributed by atoms with Gasteiger partial charge in [-0.2, -0.15) is 11.8 Å². The van der Waals surface area contributed by atoms with Crippen LogP contribution in [0.15, 0.2) is 61.1 Å². The Kier molecular flexibility index (Phi) is 52.1. The number of benzene rings is 2. The van der Waals surface area contributed by atoms with Gasteiger partial charge in [0.2, 0.25) is 82.7 Å². The fourth-order valence-corrected chi connectivity index (χ4v) is 14.9. The molecule has 0 aliphatic carbocycles. The molecule has 0 saturated carbocycles. The first-order valence-electron chi connectivity index (χ1n) is 45.4. The SMILES string of the molecule is CSCC[C@H](NC(=O)[C@H](C)NC(=O)[C@H](CC(C)C)NC(=O)[C@H](CCCNC(=N)N)NC(=O)[C@H](CCCCN)NC(=O)[C@H](Cc1ccc(O)cc1)NC(=O)[C@H](C)NC(=O)[C@H](CCCCN)NC(=O)[C@@H](N)CCCNC(=N)N)C(=O)N[C@@H](CCCCN)C(=O)N[C@@H](Cc1ccc(O)cc1)C(=O)N[C@@H](Cc1cnc[nH]1)C(=O)N1CCC[C@H]1C(=O)N[C@@H](CC(=O)O)C(=O)N[C@@H](CCCNC(=N)N)C(=O)O. The predicted octanol–water partition coefficient (Wildman–Crippen LogP) is -5.96. The van der Waals surface area contributed by atoms with Gasteiger partial charge in [-0.1, -0.05) is 38.1 Å². The Hall–Kier alpha value is -13.2. The number of aromatic hydroxyl groups is 2. The van der Waals surface area contributed by atoms with Crippen molar-refractivity contribution in [1.82, 2.24) is 99.9 Å². The van der Waals surface area contributed by atoms with E-state index in [4.69, 9.17) is 56.4 Å². The lowest BCUT2D eigenvalue weighted by atomic mass is 10.0. The number of unbranched alkanes of at least 4 members (excludes halogenated alkanes) is 3. The van der Waals surface area contributed by atoms with E-state index in [1.165, 1.54) is 86.7 Å². The number of nitrogens with two attached hydrogens (primary N) is 7. The minimum absolute atomic E-state index is 0.0171. The van der Waals surface area contributed by atoms with Crippen LogP contribution in [0, 0.1) is 22.1 Å². The van der Waals surface area contributed by atoms with Crippen molar-refractivity contribution in [2.75, 3.05) is 57.8 Å². The second-order valence-electron chi connectivity index (χ2n) is 33.6. The quantitative estimate of drug-likeness (QED) is 0.0142. The van der Waals surface area contributed by atoms with E-state index in [2.05, 4.69) is 95.0 Å². The highest BCUT2D eigenvalue weighted by Crippen LogP contribution is 2.23. The van der Waals surface area contributed by atoms with Crippen LogP contribution in [0.4, 0.5) is 0 Å². The van der Waals surface area contributed by atoms with Crippen molar-refractivity contribution in [3.05, 3.63) is 77.9 Å². The summed E-state index contributed by atoms with van der Waals surface area (Å²) >= 11 is 1.30. The molecule has 4 rings (SSSR count). The Morgan fingerprint density at radius 3 is 1.21 bits per heavy atom. The number of rotatable bonds is 65. The average molecular weight is 1930 g/mol. The fourth-order valence-electron chi connectivity index (χ4n) is 14.4. The minimum atomic E-state index is -1.85. The molecular weight excluding hydrogens is 1790 g/mol. The molecule has 50 heteroatoms. The summed E-state index contributed by atoms with van der Waals surface area (Å²) in [5.74, 6) is -17.1. The maximum Gasteiger partial charge on any atom is 0.326 e. The maximum absolute atomic E-state index is 15.1. The zero-order valence-corrected chi connectivity index (χ0v) is 78.4. The van der Waals surface area contributed by atoms with E-state index in [1.807, 2.05) is 0 Å². The number of carboxylic acids is 2. The van der Waals surface area contributed by atoms with Crippen molar-refractivity contribution < 1.29 is 97.1 Å². The number of phenolic OH excluding ortho intramolecular Hbond substituents is 2. The molecule has 38 N–H and O–H groups in total. The Labute approximate surface area is 793 Å². The third-order valence-electron chi connectivity index (χ3n) is 21.9. The molecule has 756 valence electrons. The van der Waals surface area contributed by atoms with Crippen molar-refractivity contribution in [1.29, 1.82) is 16.2 Å². The first-order chi connectivity index (χ1) is 64.6. The zero-order valence-electron chi connectivity index (χ0n) is 77.6. The molecule has 1 fully saturated rings. The number of nitrogens with zero attached hydrogens (tertiary/aromatic N) is 2. The minimum Gasteiger partial charge on any atom is -0.508 e. The third-order valence-corrected chi connectivity index (χ3v) is 22.5. The number of carbonyl (C=O) groups excluding carboxylic acids is 14. The highest BCUT2D eigenvalue weighted by molar-refractivity contribution is 7.98. The Morgan fingerprint density at radius 2 is 0.801 bits per heavy atom. The van der Waals surface area contributed by atoms with Gasteiger partial charge in [-0.15, -0.1) is 0 Å². The van der Waals surface area contributed by atoms with Gasteiger partial charge in [-0.05, 0) is 209 Å². The molecule has 0 radical (unpaired) electrons. The Morgan fingerprint density at radius 1 is 0.441 bits per heavy atom. The lowest BCUT2D eigenvalue weighted by Gasteiger charge is -2.31. The molecule has 0 bridgehead atoms. The van der Waals surface area contributed by atoms with Gasteiger partial charge in [0.05, 0.1) is 18.8 Å². The van der Waals surface area contributed by atoms with Crippen LogP contribution in [0.3, 0.4) is 0 Å². The van der Waals surface area contributed by atoms with E-state index < -0.39 is 198 Å². The molecule has 2 heterocycles. The topological polar surface area (TPSA) is 832 Å². The van der Waals surface area contributed by atoms with E-state index in [0.29, 0.717) is 48.9 Å². The first kappa shape index (κ1) is 115. The van der Waals surface area contributed by atoms with Crippen LogP contribution in [0.5, 0.6) is 11.5 Å². The van der Waals surface area contributed by atoms with Crippen molar-refractivity contribution in [2.45, 2.75) is 266 Å². The van der Waals surface area contributed by atoms with Gasteiger partial charge >= 0.3 is 11.9 Å². The number of hydrogen-bond donors (Lipinski definition) is 31. The second-order valence-corrected chi connectivity index (χ2v) is 34.6. The van der Waals surface area contributed by atoms with Crippen molar-refractivity contribution in [3.63, 3.8) is 0 Å². The highest BCUT2D eigenvalue weighted by atomic mass is 32.2. The summed E-state index contributed by atoms with van der Waals surface area (Å²) in [5.41, 5.74) is 41.1. The zero-order chi connectivity index (χ0) is 101. The number of imidazole rings is 1. The normalized spacial score (nSPS) is 15.3. The number of aromatic amines is 1. The number of aromatic nitrogens is 2. The molecular formula is C86H141N29O20S. The van der Waals surface area contributed by atoms with Crippen molar-refractivity contribution >= 4 is 124 Å². The van der Waals surface area contributed by atoms with E-state index in [-0.39, 0.29) is 190 Å². The largest absolute Gasteiger partial charge is 0.508 e. The number of nitrogens with one attached hydrogen (secondary N) is 20.